The second-order valence-electron chi connectivity index (χ2n) is 3.24. The van der Waals surface area contributed by atoms with E-state index in [0.29, 0.717) is 19.4 Å². The number of carbonyl (C=O) groups is 2. The summed E-state index contributed by atoms with van der Waals surface area (Å²) in [5.74, 6) is -1.32. The highest BCUT2D eigenvalue weighted by molar-refractivity contribution is 5.84. The maximum Gasteiger partial charge on any atom is 0.326 e. The van der Waals surface area contributed by atoms with Crippen molar-refractivity contribution in [2.24, 2.45) is 5.73 Å². The number of nitrogens with one attached hydrogen (secondary N) is 1. The minimum Gasteiger partial charge on any atom is -0.480 e. The standard InChI is InChI=1S/C10H18N2O3/c1-2-5-9(13)12-8(10(14)15)6-3-4-7-11/h2,8H,1,3-7,11H2,(H,12,13)(H,14,15). The first kappa shape index (κ1) is 13.6. The van der Waals surface area contributed by atoms with E-state index in [-0.39, 0.29) is 12.3 Å². The lowest BCUT2D eigenvalue weighted by molar-refractivity contribution is -0.141. The van der Waals surface area contributed by atoms with Crippen LogP contribution in [0.4, 0.5) is 0 Å². The molecule has 0 aliphatic rings. The summed E-state index contributed by atoms with van der Waals surface area (Å²) in [7, 11) is 0. The van der Waals surface area contributed by atoms with E-state index < -0.39 is 12.0 Å². The monoisotopic (exact) mass is 214 g/mol. The molecule has 0 aromatic rings. The molecular formula is C10H18N2O3. The molecule has 0 aliphatic carbocycles. The first-order valence-electron chi connectivity index (χ1n) is 4.95. The molecule has 5 nitrogen and oxygen atoms in total. The van der Waals surface area contributed by atoms with E-state index in [1.807, 2.05) is 0 Å². The number of hydrogen-bond acceptors (Lipinski definition) is 3. The predicted molar refractivity (Wildman–Crippen MR) is 57.3 cm³/mol. The van der Waals surface area contributed by atoms with Crippen LogP contribution in [0.5, 0.6) is 0 Å². The smallest absolute Gasteiger partial charge is 0.326 e. The fourth-order valence-corrected chi connectivity index (χ4v) is 1.13. The molecule has 0 spiro atoms. The van der Waals surface area contributed by atoms with Gasteiger partial charge in [0.1, 0.15) is 6.04 Å². The first-order chi connectivity index (χ1) is 7.11. The normalized spacial score (nSPS) is 11.8. The van der Waals surface area contributed by atoms with Gasteiger partial charge in [-0.25, -0.2) is 4.79 Å². The molecule has 0 saturated carbocycles. The van der Waals surface area contributed by atoms with Gasteiger partial charge in [-0.1, -0.05) is 6.08 Å². The molecule has 0 radical (unpaired) electrons. The SMILES string of the molecule is C=CCC(=O)NC(CCCCN)C(=O)O. The summed E-state index contributed by atoms with van der Waals surface area (Å²) in [4.78, 5) is 21.9. The Labute approximate surface area is 89.3 Å². The van der Waals surface area contributed by atoms with Gasteiger partial charge in [-0.3, -0.25) is 4.79 Å². The van der Waals surface area contributed by atoms with Crippen LogP contribution in [-0.4, -0.2) is 29.6 Å². The largest absolute Gasteiger partial charge is 0.480 e. The number of carboxylic acids is 1. The fraction of sp³-hybridized carbons (Fsp3) is 0.600. The number of nitrogens with two attached hydrogens (primary N) is 1. The number of carbonyl (C=O) groups excluding carboxylic acids is 1. The van der Waals surface area contributed by atoms with Gasteiger partial charge in [0.25, 0.3) is 0 Å². The molecule has 0 fully saturated rings. The third-order valence-electron chi connectivity index (χ3n) is 1.91. The van der Waals surface area contributed by atoms with Crippen LogP contribution >= 0.6 is 0 Å². The van der Waals surface area contributed by atoms with Crippen LogP contribution in [0, 0.1) is 0 Å². The highest BCUT2D eigenvalue weighted by atomic mass is 16.4. The van der Waals surface area contributed by atoms with Crippen molar-refractivity contribution < 1.29 is 14.7 Å². The third kappa shape index (κ3) is 6.68. The minimum absolute atomic E-state index is 0.140. The van der Waals surface area contributed by atoms with Crippen LogP contribution in [0.1, 0.15) is 25.7 Å². The quantitative estimate of drug-likeness (QED) is 0.399. The van der Waals surface area contributed by atoms with Crippen molar-refractivity contribution in [1.29, 1.82) is 0 Å². The highest BCUT2D eigenvalue weighted by Gasteiger charge is 2.18. The molecular weight excluding hydrogens is 196 g/mol. The molecule has 0 saturated heterocycles. The average Bonchev–Trinajstić information content (AvgIpc) is 2.16. The van der Waals surface area contributed by atoms with Gasteiger partial charge in [-0.15, -0.1) is 6.58 Å². The molecule has 4 N–H and O–H groups in total. The van der Waals surface area contributed by atoms with E-state index in [4.69, 9.17) is 10.8 Å². The van der Waals surface area contributed by atoms with E-state index >= 15 is 0 Å². The lowest BCUT2D eigenvalue weighted by Crippen LogP contribution is -2.40. The van der Waals surface area contributed by atoms with Gasteiger partial charge in [0, 0.05) is 6.42 Å². The number of amides is 1. The molecule has 0 aromatic heterocycles. The van der Waals surface area contributed by atoms with Crippen molar-refractivity contribution in [3.8, 4) is 0 Å². The Morgan fingerprint density at radius 2 is 2.13 bits per heavy atom. The van der Waals surface area contributed by atoms with Gasteiger partial charge in [0.05, 0.1) is 0 Å². The van der Waals surface area contributed by atoms with Crippen LogP contribution < -0.4 is 11.1 Å². The highest BCUT2D eigenvalue weighted by Crippen LogP contribution is 2.01. The molecule has 1 atom stereocenters. The molecule has 1 unspecified atom stereocenters. The summed E-state index contributed by atoms with van der Waals surface area (Å²) in [6.45, 7) is 3.94. The van der Waals surface area contributed by atoms with Crippen molar-refractivity contribution in [2.45, 2.75) is 31.7 Å². The van der Waals surface area contributed by atoms with Crippen LogP contribution in [0.15, 0.2) is 12.7 Å². The van der Waals surface area contributed by atoms with E-state index in [2.05, 4.69) is 11.9 Å². The van der Waals surface area contributed by atoms with Crippen LogP contribution in [-0.2, 0) is 9.59 Å². The van der Waals surface area contributed by atoms with Crippen LogP contribution in [0.3, 0.4) is 0 Å². The van der Waals surface area contributed by atoms with Gasteiger partial charge in [0.2, 0.25) is 5.91 Å². The zero-order valence-corrected chi connectivity index (χ0v) is 8.74. The zero-order valence-electron chi connectivity index (χ0n) is 8.74. The Morgan fingerprint density at radius 1 is 1.47 bits per heavy atom. The summed E-state index contributed by atoms with van der Waals surface area (Å²) >= 11 is 0. The summed E-state index contributed by atoms with van der Waals surface area (Å²) in [6.07, 6.45) is 3.45. The van der Waals surface area contributed by atoms with Crippen molar-refractivity contribution in [1.82, 2.24) is 5.32 Å². The molecule has 5 heteroatoms. The molecule has 0 aliphatic heterocycles. The Morgan fingerprint density at radius 3 is 2.60 bits per heavy atom. The molecule has 0 aromatic carbocycles. The summed E-state index contributed by atoms with van der Waals surface area (Å²) in [5.41, 5.74) is 5.29. The minimum atomic E-state index is -1.01. The molecule has 86 valence electrons. The van der Waals surface area contributed by atoms with Crippen LogP contribution in [0.2, 0.25) is 0 Å². The Hall–Kier alpha value is -1.36. The van der Waals surface area contributed by atoms with E-state index in [0.717, 1.165) is 6.42 Å². The average molecular weight is 214 g/mol. The molecule has 0 heterocycles. The number of hydrogen-bond donors (Lipinski definition) is 3. The Kier molecular flexibility index (Phi) is 7.27. The number of aliphatic carboxylic acids is 1. The maximum atomic E-state index is 11.1. The molecule has 15 heavy (non-hydrogen) atoms. The summed E-state index contributed by atoms with van der Waals surface area (Å²) < 4.78 is 0. The summed E-state index contributed by atoms with van der Waals surface area (Å²) in [5, 5.41) is 11.2. The van der Waals surface area contributed by atoms with Gasteiger partial charge in [0.15, 0.2) is 0 Å². The number of carboxylic acid groups (broad SMARTS) is 1. The maximum absolute atomic E-state index is 11.1. The zero-order chi connectivity index (χ0) is 11.7. The van der Waals surface area contributed by atoms with Crippen molar-refractivity contribution in [3.63, 3.8) is 0 Å². The van der Waals surface area contributed by atoms with Crippen molar-refractivity contribution >= 4 is 11.9 Å². The topological polar surface area (TPSA) is 92.4 Å². The van der Waals surface area contributed by atoms with Gasteiger partial charge in [-0.2, -0.15) is 0 Å². The Balaban J connectivity index is 3.98. The second kappa shape index (κ2) is 7.99. The van der Waals surface area contributed by atoms with Gasteiger partial charge < -0.3 is 16.2 Å². The fourth-order valence-electron chi connectivity index (χ4n) is 1.13. The van der Waals surface area contributed by atoms with Crippen molar-refractivity contribution in [3.05, 3.63) is 12.7 Å². The second-order valence-corrected chi connectivity index (χ2v) is 3.24. The van der Waals surface area contributed by atoms with Crippen LogP contribution in [0.25, 0.3) is 0 Å². The first-order valence-corrected chi connectivity index (χ1v) is 4.95. The van der Waals surface area contributed by atoms with E-state index in [1.165, 1.54) is 6.08 Å². The third-order valence-corrected chi connectivity index (χ3v) is 1.91. The van der Waals surface area contributed by atoms with Gasteiger partial charge in [-0.05, 0) is 25.8 Å². The van der Waals surface area contributed by atoms with Crippen molar-refractivity contribution in [2.75, 3.05) is 6.54 Å². The summed E-state index contributed by atoms with van der Waals surface area (Å²) in [6, 6.07) is -0.816. The number of rotatable bonds is 8. The Bertz CT molecular complexity index is 229. The molecule has 0 rings (SSSR count). The molecule has 0 bridgehead atoms. The van der Waals surface area contributed by atoms with E-state index in [1.54, 1.807) is 0 Å². The number of unbranched alkanes of at least 4 members (excludes halogenated alkanes) is 1. The molecule has 1 amide bonds. The lowest BCUT2D eigenvalue weighted by Gasteiger charge is -2.13. The van der Waals surface area contributed by atoms with Gasteiger partial charge >= 0.3 is 5.97 Å². The predicted octanol–water partition coefficient (Wildman–Crippen LogP) is 0.261. The van der Waals surface area contributed by atoms with E-state index in [9.17, 15) is 9.59 Å². The lowest BCUT2D eigenvalue weighted by atomic mass is 10.1.